The lowest BCUT2D eigenvalue weighted by molar-refractivity contribution is -0.136. The van der Waals surface area contributed by atoms with Crippen LogP contribution < -0.4 is 10.6 Å². The largest absolute Gasteiger partial charge is 0.466 e. The van der Waals surface area contributed by atoms with Crippen LogP contribution in [0.2, 0.25) is 0 Å². The Morgan fingerprint density at radius 3 is 2.58 bits per heavy atom. The number of benzene rings is 2. The van der Waals surface area contributed by atoms with E-state index in [-0.39, 0.29) is 28.4 Å². The number of dihydropyridines is 1. The molecule has 1 unspecified atom stereocenters. The number of anilines is 1. The molecule has 0 radical (unpaired) electrons. The van der Waals surface area contributed by atoms with Crippen LogP contribution in [0.25, 0.3) is 0 Å². The predicted octanol–water partition coefficient (Wildman–Crippen LogP) is 4.63. The van der Waals surface area contributed by atoms with E-state index in [0.29, 0.717) is 10.7 Å². The van der Waals surface area contributed by atoms with E-state index in [1.165, 1.54) is 25.3 Å². The molecule has 0 aromatic heterocycles. The highest BCUT2D eigenvalue weighted by Gasteiger charge is 2.36. The third-order valence-corrected chi connectivity index (χ3v) is 6.31. The van der Waals surface area contributed by atoms with Gasteiger partial charge in [0.15, 0.2) is 0 Å². The van der Waals surface area contributed by atoms with Gasteiger partial charge < -0.3 is 15.4 Å². The summed E-state index contributed by atoms with van der Waals surface area (Å²) in [5.74, 6) is -2.36. The fourth-order valence-electron chi connectivity index (χ4n) is 3.70. The number of hydrogen-bond acceptors (Lipinski definition) is 6. The van der Waals surface area contributed by atoms with Crippen molar-refractivity contribution in [3.63, 3.8) is 0 Å². The molecule has 0 spiro atoms. The molecule has 1 aliphatic heterocycles. The summed E-state index contributed by atoms with van der Waals surface area (Å²) >= 11 is 1.13. The van der Waals surface area contributed by atoms with E-state index in [1.54, 1.807) is 13.0 Å². The molecule has 6 nitrogen and oxygen atoms in total. The van der Waals surface area contributed by atoms with Crippen LogP contribution in [-0.2, 0) is 20.7 Å². The SMILES string of the molecule is CCc1ccccc1NC(=O)CSC1=C(C#N)C(c2ccccc2F)C(C(=O)OC)=C(C)N1. The van der Waals surface area contributed by atoms with Crippen LogP contribution in [0.1, 0.15) is 30.9 Å². The summed E-state index contributed by atoms with van der Waals surface area (Å²) in [5, 5.41) is 16.3. The van der Waals surface area contributed by atoms with Gasteiger partial charge >= 0.3 is 5.97 Å². The smallest absolute Gasteiger partial charge is 0.336 e. The van der Waals surface area contributed by atoms with Crippen molar-refractivity contribution < 1.29 is 18.7 Å². The molecular formula is C25H24FN3O3S. The second-order valence-corrected chi connectivity index (χ2v) is 8.30. The summed E-state index contributed by atoms with van der Waals surface area (Å²) in [6.45, 7) is 3.67. The van der Waals surface area contributed by atoms with Gasteiger partial charge in [0.2, 0.25) is 5.91 Å². The number of thioether (sulfide) groups is 1. The maximum absolute atomic E-state index is 14.7. The van der Waals surface area contributed by atoms with E-state index in [9.17, 15) is 19.2 Å². The number of carbonyl (C=O) groups excluding carboxylic acids is 2. The molecule has 170 valence electrons. The van der Waals surface area contributed by atoms with Crippen LogP contribution in [0.4, 0.5) is 10.1 Å². The second kappa shape index (κ2) is 10.8. The number of carbonyl (C=O) groups is 2. The van der Waals surface area contributed by atoms with Gasteiger partial charge in [0.25, 0.3) is 0 Å². The molecule has 2 aromatic rings. The number of nitriles is 1. The van der Waals surface area contributed by atoms with Crippen molar-refractivity contribution in [2.75, 3.05) is 18.2 Å². The monoisotopic (exact) mass is 465 g/mol. The summed E-state index contributed by atoms with van der Waals surface area (Å²) in [5.41, 5.74) is 2.69. The molecule has 33 heavy (non-hydrogen) atoms. The molecule has 0 fully saturated rings. The Hall–Kier alpha value is -3.57. The molecule has 2 N–H and O–H groups in total. The normalized spacial score (nSPS) is 15.5. The fourth-order valence-corrected chi connectivity index (χ4v) is 4.59. The van der Waals surface area contributed by atoms with Crippen LogP contribution in [0, 0.1) is 17.1 Å². The summed E-state index contributed by atoms with van der Waals surface area (Å²) in [7, 11) is 1.24. The van der Waals surface area contributed by atoms with Gasteiger partial charge in [-0.05, 0) is 31.0 Å². The van der Waals surface area contributed by atoms with Crippen molar-refractivity contribution in [2.45, 2.75) is 26.2 Å². The average Bonchev–Trinajstić information content (AvgIpc) is 2.82. The molecule has 0 saturated carbocycles. The molecule has 3 rings (SSSR count). The first-order valence-electron chi connectivity index (χ1n) is 10.4. The zero-order valence-corrected chi connectivity index (χ0v) is 19.4. The number of nitrogens with zero attached hydrogens (tertiary/aromatic N) is 1. The highest BCUT2D eigenvalue weighted by atomic mass is 32.2. The van der Waals surface area contributed by atoms with Crippen molar-refractivity contribution in [3.8, 4) is 6.07 Å². The maximum Gasteiger partial charge on any atom is 0.336 e. The molecule has 1 amide bonds. The zero-order chi connectivity index (χ0) is 24.0. The molecule has 0 saturated heterocycles. The zero-order valence-electron chi connectivity index (χ0n) is 18.6. The van der Waals surface area contributed by atoms with E-state index in [4.69, 9.17) is 4.74 Å². The van der Waals surface area contributed by atoms with Crippen molar-refractivity contribution in [1.29, 1.82) is 5.26 Å². The van der Waals surface area contributed by atoms with E-state index in [0.717, 1.165) is 29.4 Å². The van der Waals surface area contributed by atoms with Gasteiger partial charge in [-0.1, -0.05) is 55.1 Å². The lowest BCUT2D eigenvalue weighted by Crippen LogP contribution is -2.29. The fraction of sp³-hybridized carbons (Fsp3) is 0.240. The van der Waals surface area contributed by atoms with Crippen LogP contribution in [0.15, 0.2) is 70.4 Å². The molecule has 0 aliphatic carbocycles. The van der Waals surface area contributed by atoms with Crippen molar-refractivity contribution in [2.24, 2.45) is 0 Å². The quantitative estimate of drug-likeness (QED) is 0.580. The maximum atomic E-state index is 14.7. The van der Waals surface area contributed by atoms with Crippen LogP contribution in [0.5, 0.6) is 0 Å². The summed E-state index contributed by atoms with van der Waals surface area (Å²) in [4.78, 5) is 25.1. The minimum Gasteiger partial charge on any atom is -0.466 e. The van der Waals surface area contributed by atoms with Gasteiger partial charge in [-0.3, -0.25) is 4.79 Å². The first kappa shape index (κ1) is 24.1. The highest BCUT2D eigenvalue weighted by molar-refractivity contribution is 8.03. The minimum absolute atomic E-state index is 0.0242. The Balaban J connectivity index is 1.91. The number of halogens is 1. The second-order valence-electron chi connectivity index (χ2n) is 7.31. The molecule has 8 heteroatoms. The number of ether oxygens (including phenoxy) is 1. The Labute approximate surface area is 196 Å². The lowest BCUT2D eigenvalue weighted by atomic mass is 9.82. The number of amides is 1. The van der Waals surface area contributed by atoms with Crippen molar-refractivity contribution >= 4 is 29.3 Å². The minimum atomic E-state index is -0.948. The number of aryl methyl sites for hydroxylation is 1. The molecular weight excluding hydrogens is 441 g/mol. The number of para-hydroxylation sites is 1. The van der Waals surface area contributed by atoms with E-state index < -0.39 is 17.7 Å². The Morgan fingerprint density at radius 1 is 1.21 bits per heavy atom. The molecule has 1 aliphatic rings. The van der Waals surface area contributed by atoms with Crippen LogP contribution in [0.3, 0.4) is 0 Å². The average molecular weight is 466 g/mol. The Kier molecular flexibility index (Phi) is 7.91. The molecule has 1 atom stereocenters. The van der Waals surface area contributed by atoms with Crippen molar-refractivity contribution in [1.82, 2.24) is 5.32 Å². The number of allylic oxidation sites excluding steroid dienone is 2. The molecule has 2 aromatic carbocycles. The predicted molar refractivity (Wildman–Crippen MR) is 127 cm³/mol. The van der Waals surface area contributed by atoms with E-state index in [1.807, 2.05) is 31.2 Å². The van der Waals surface area contributed by atoms with E-state index >= 15 is 0 Å². The Bertz CT molecular complexity index is 1180. The lowest BCUT2D eigenvalue weighted by Gasteiger charge is -2.29. The summed E-state index contributed by atoms with van der Waals surface area (Å²) in [6.07, 6.45) is 0.777. The first-order valence-corrected chi connectivity index (χ1v) is 11.3. The van der Waals surface area contributed by atoms with Crippen molar-refractivity contribution in [3.05, 3.63) is 87.3 Å². The van der Waals surface area contributed by atoms with E-state index in [2.05, 4.69) is 16.7 Å². The third kappa shape index (κ3) is 5.26. The standard InChI is InChI=1S/C25H24FN3O3S/c1-4-16-9-5-8-12-20(16)29-21(30)14-33-24-18(13-27)23(17-10-6-7-11-19(17)26)22(15(2)28-24)25(31)32-3/h5-12,23,28H,4,14H2,1-3H3,(H,29,30). The third-order valence-electron chi connectivity index (χ3n) is 5.29. The number of nitrogens with one attached hydrogen (secondary N) is 2. The van der Waals surface area contributed by atoms with Gasteiger partial charge in [0.1, 0.15) is 5.82 Å². The van der Waals surface area contributed by atoms with Gasteiger partial charge in [0, 0.05) is 16.9 Å². The number of methoxy groups -OCH3 is 1. The summed E-state index contributed by atoms with van der Waals surface area (Å²) < 4.78 is 19.6. The van der Waals surface area contributed by atoms with Crippen LogP contribution in [-0.4, -0.2) is 24.7 Å². The molecule has 0 bridgehead atoms. The number of rotatable bonds is 7. The van der Waals surface area contributed by atoms with Gasteiger partial charge in [0.05, 0.1) is 41.0 Å². The molecule has 1 heterocycles. The topological polar surface area (TPSA) is 91.2 Å². The van der Waals surface area contributed by atoms with Gasteiger partial charge in [-0.15, -0.1) is 0 Å². The van der Waals surface area contributed by atoms with Crippen LogP contribution >= 0.6 is 11.8 Å². The number of hydrogen-bond donors (Lipinski definition) is 2. The summed E-state index contributed by atoms with van der Waals surface area (Å²) in [6, 6.07) is 15.7. The van der Waals surface area contributed by atoms with Gasteiger partial charge in [-0.2, -0.15) is 5.26 Å². The van der Waals surface area contributed by atoms with Gasteiger partial charge in [-0.25, -0.2) is 9.18 Å². The number of esters is 1. The first-order chi connectivity index (χ1) is 15.9. The highest BCUT2D eigenvalue weighted by Crippen LogP contribution is 2.41. The Morgan fingerprint density at radius 2 is 1.91 bits per heavy atom.